The van der Waals surface area contributed by atoms with Crippen LogP contribution in [0, 0.1) is 34.5 Å². The molecular formula is C19H30O3. The summed E-state index contributed by atoms with van der Waals surface area (Å²) in [4.78, 5) is 12.4. The highest BCUT2D eigenvalue weighted by atomic mass is 16.3. The number of aliphatic hydroxyl groups excluding tert-OH is 2. The van der Waals surface area contributed by atoms with Crippen molar-refractivity contribution in [2.45, 2.75) is 77.4 Å². The Morgan fingerprint density at radius 3 is 2.55 bits per heavy atom. The number of aliphatic hydroxyl groups is 2. The topological polar surface area (TPSA) is 57.5 Å². The summed E-state index contributed by atoms with van der Waals surface area (Å²) in [7, 11) is 0. The molecule has 2 unspecified atom stereocenters. The first-order valence-corrected chi connectivity index (χ1v) is 9.25. The van der Waals surface area contributed by atoms with Crippen LogP contribution in [0.2, 0.25) is 0 Å². The highest BCUT2D eigenvalue weighted by molar-refractivity contribution is 5.87. The first-order chi connectivity index (χ1) is 10.4. The lowest BCUT2D eigenvalue weighted by atomic mass is 9.45. The third kappa shape index (κ3) is 1.84. The van der Waals surface area contributed by atoms with Gasteiger partial charge in [0.25, 0.3) is 0 Å². The van der Waals surface area contributed by atoms with E-state index in [0.717, 1.165) is 38.5 Å². The fourth-order valence-electron chi connectivity index (χ4n) is 7.05. The maximum absolute atomic E-state index is 12.4. The Kier molecular flexibility index (Phi) is 3.30. The zero-order valence-electron chi connectivity index (χ0n) is 13.9. The summed E-state index contributed by atoms with van der Waals surface area (Å²) in [5.74, 6) is 2.92. The Balaban J connectivity index is 1.65. The van der Waals surface area contributed by atoms with Gasteiger partial charge < -0.3 is 10.2 Å². The van der Waals surface area contributed by atoms with E-state index in [-0.39, 0.29) is 10.8 Å². The number of hydrogen-bond donors (Lipinski definition) is 2. The molecule has 0 aliphatic heterocycles. The average Bonchev–Trinajstić information content (AvgIpc) is 2.77. The van der Waals surface area contributed by atoms with Crippen molar-refractivity contribution >= 4 is 5.78 Å². The van der Waals surface area contributed by atoms with E-state index >= 15 is 0 Å². The predicted octanol–water partition coefficient (Wildman–Crippen LogP) is 2.93. The van der Waals surface area contributed by atoms with Crippen LogP contribution in [0.15, 0.2) is 0 Å². The molecule has 2 N–H and O–H groups in total. The second kappa shape index (κ2) is 4.80. The Bertz CT molecular complexity index is 489. The first-order valence-electron chi connectivity index (χ1n) is 9.25. The molecule has 4 aliphatic rings. The number of hydrogen-bond acceptors (Lipinski definition) is 3. The molecule has 0 heterocycles. The van der Waals surface area contributed by atoms with E-state index in [0.29, 0.717) is 29.5 Å². The maximum atomic E-state index is 12.4. The Morgan fingerprint density at radius 1 is 1.00 bits per heavy atom. The van der Waals surface area contributed by atoms with E-state index < -0.39 is 12.2 Å². The molecular weight excluding hydrogens is 276 g/mol. The lowest BCUT2D eigenvalue weighted by molar-refractivity contribution is -0.160. The van der Waals surface area contributed by atoms with Gasteiger partial charge in [-0.1, -0.05) is 13.8 Å². The second-order valence-corrected chi connectivity index (χ2v) is 9.15. The van der Waals surface area contributed by atoms with Gasteiger partial charge in [-0.25, -0.2) is 0 Å². The number of Topliss-reactive ketones (excluding diaryl/α,β-unsaturated/α-hetero) is 1. The minimum absolute atomic E-state index is 0.0584. The van der Waals surface area contributed by atoms with Crippen LogP contribution in [0.5, 0.6) is 0 Å². The Labute approximate surface area is 133 Å². The highest BCUT2D eigenvalue weighted by Crippen LogP contribution is 2.65. The molecule has 0 bridgehead atoms. The van der Waals surface area contributed by atoms with Crippen LogP contribution in [0.4, 0.5) is 0 Å². The molecule has 22 heavy (non-hydrogen) atoms. The fourth-order valence-corrected chi connectivity index (χ4v) is 7.05. The Morgan fingerprint density at radius 2 is 1.77 bits per heavy atom. The minimum Gasteiger partial charge on any atom is -0.390 e. The molecule has 0 saturated heterocycles. The van der Waals surface area contributed by atoms with Gasteiger partial charge in [-0.15, -0.1) is 0 Å². The summed E-state index contributed by atoms with van der Waals surface area (Å²) in [6.07, 6.45) is 6.87. The third-order valence-electron chi connectivity index (χ3n) is 8.39. The standard InChI is InChI=1S/C19H30O3/c1-18-8-7-14-12(13(18)5-6-17(18)22)4-3-11-9-15(20)16(21)10-19(11,14)2/h11-16,20-21H,3-10H2,1-2H3/t11?,12-,13-,14-,15+,16?,18-,19-/m0/s1. The normalized spacial score (nSPS) is 57.9. The van der Waals surface area contributed by atoms with Crippen LogP contribution < -0.4 is 0 Å². The number of rotatable bonds is 0. The van der Waals surface area contributed by atoms with Crippen LogP contribution in [0.3, 0.4) is 0 Å². The van der Waals surface area contributed by atoms with Crippen molar-refractivity contribution in [3.05, 3.63) is 0 Å². The lowest BCUT2D eigenvalue weighted by Gasteiger charge is -2.60. The monoisotopic (exact) mass is 306 g/mol. The van der Waals surface area contributed by atoms with Gasteiger partial charge in [0.1, 0.15) is 5.78 Å². The van der Waals surface area contributed by atoms with Crippen molar-refractivity contribution in [1.29, 1.82) is 0 Å². The molecule has 4 aliphatic carbocycles. The van der Waals surface area contributed by atoms with E-state index in [1.165, 1.54) is 12.8 Å². The van der Waals surface area contributed by atoms with E-state index in [1.54, 1.807) is 0 Å². The maximum Gasteiger partial charge on any atom is 0.139 e. The second-order valence-electron chi connectivity index (χ2n) is 9.15. The molecule has 0 aromatic heterocycles. The SMILES string of the molecule is C[C@]12CC(O)[C@H](O)CC1CC[C@@H]1[C@@H]2CC[C@]2(C)C(=O)CC[C@@H]12. The summed E-state index contributed by atoms with van der Waals surface area (Å²) in [5, 5.41) is 20.3. The fraction of sp³-hybridized carbons (Fsp3) is 0.947. The van der Waals surface area contributed by atoms with Gasteiger partial charge in [0.05, 0.1) is 12.2 Å². The molecule has 0 aromatic rings. The van der Waals surface area contributed by atoms with Crippen LogP contribution in [-0.4, -0.2) is 28.2 Å². The Hall–Kier alpha value is -0.410. The molecule has 124 valence electrons. The van der Waals surface area contributed by atoms with Crippen molar-refractivity contribution in [1.82, 2.24) is 0 Å². The summed E-state index contributed by atoms with van der Waals surface area (Å²) < 4.78 is 0. The van der Waals surface area contributed by atoms with Gasteiger partial charge >= 0.3 is 0 Å². The van der Waals surface area contributed by atoms with Crippen LogP contribution in [-0.2, 0) is 4.79 Å². The zero-order chi connectivity index (χ0) is 15.7. The predicted molar refractivity (Wildman–Crippen MR) is 84.1 cm³/mol. The summed E-state index contributed by atoms with van der Waals surface area (Å²) in [6.45, 7) is 4.58. The molecule has 4 fully saturated rings. The van der Waals surface area contributed by atoms with Gasteiger partial charge in [0.2, 0.25) is 0 Å². The molecule has 3 heteroatoms. The summed E-state index contributed by atoms with van der Waals surface area (Å²) in [6, 6.07) is 0. The highest BCUT2D eigenvalue weighted by Gasteiger charge is 2.60. The van der Waals surface area contributed by atoms with Crippen LogP contribution >= 0.6 is 0 Å². The van der Waals surface area contributed by atoms with Crippen molar-refractivity contribution in [2.24, 2.45) is 34.5 Å². The molecule has 8 atom stereocenters. The van der Waals surface area contributed by atoms with Crippen molar-refractivity contribution < 1.29 is 15.0 Å². The van der Waals surface area contributed by atoms with E-state index in [2.05, 4.69) is 13.8 Å². The van der Waals surface area contributed by atoms with Gasteiger partial charge in [-0.3, -0.25) is 4.79 Å². The van der Waals surface area contributed by atoms with Crippen LogP contribution in [0.1, 0.15) is 65.2 Å². The zero-order valence-corrected chi connectivity index (χ0v) is 13.9. The molecule has 0 amide bonds. The average molecular weight is 306 g/mol. The van der Waals surface area contributed by atoms with E-state index in [1.807, 2.05) is 0 Å². The summed E-state index contributed by atoms with van der Waals surface area (Å²) >= 11 is 0. The quantitative estimate of drug-likeness (QED) is 0.723. The van der Waals surface area contributed by atoms with Gasteiger partial charge in [-0.2, -0.15) is 0 Å². The smallest absolute Gasteiger partial charge is 0.139 e. The number of carbonyl (C=O) groups excluding carboxylic acids is 1. The van der Waals surface area contributed by atoms with Gasteiger partial charge in [0.15, 0.2) is 0 Å². The summed E-state index contributed by atoms with van der Waals surface area (Å²) in [5.41, 5.74) is 0.103. The minimum atomic E-state index is -0.557. The first kappa shape index (κ1) is 15.1. The molecule has 4 saturated carbocycles. The van der Waals surface area contributed by atoms with Crippen molar-refractivity contribution in [2.75, 3.05) is 0 Å². The lowest BCUT2D eigenvalue weighted by Crippen LogP contribution is -2.56. The van der Waals surface area contributed by atoms with Gasteiger partial charge in [-0.05, 0) is 74.0 Å². The molecule has 0 radical (unpaired) electrons. The molecule has 0 aromatic carbocycles. The van der Waals surface area contributed by atoms with Crippen molar-refractivity contribution in [3.63, 3.8) is 0 Å². The third-order valence-corrected chi connectivity index (χ3v) is 8.39. The molecule has 0 spiro atoms. The molecule has 3 nitrogen and oxygen atoms in total. The number of carbonyl (C=O) groups is 1. The van der Waals surface area contributed by atoms with E-state index in [9.17, 15) is 15.0 Å². The largest absolute Gasteiger partial charge is 0.390 e. The number of ketones is 1. The van der Waals surface area contributed by atoms with E-state index in [4.69, 9.17) is 0 Å². The number of fused-ring (bicyclic) bond motifs is 5. The van der Waals surface area contributed by atoms with Crippen molar-refractivity contribution in [3.8, 4) is 0 Å². The van der Waals surface area contributed by atoms with Gasteiger partial charge in [0, 0.05) is 11.8 Å². The molecule has 4 rings (SSSR count). The van der Waals surface area contributed by atoms with Crippen LogP contribution in [0.25, 0.3) is 0 Å².